The zero-order valence-corrected chi connectivity index (χ0v) is 20.8. The molecule has 39 heavy (non-hydrogen) atoms. The lowest BCUT2D eigenvalue weighted by Gasteiger charge is -2.38. The van der Waals surface area contributed by atoms with Gasteiger partial charge in [0, 0.05) is 19.4 Å². The van der Waals surface area contributed by atoms with Gasteiger partial charge < -0.3 is 9.52 Å². The van der Waals surface area contributed by atoms with Crippen LogP contribution in [0.15, 0.2) is 51.8 Å². The Kier molecular flexibility index (Phi) is 7.94. The molecule has 0 amide bonds. The SMILES string of the molecule is O=S(=O)(c1ccc(F)cc1)N1c2ccc(C(C(F)(F)F)C(F)(F)F)cc2CC[C@H]1Cc1nnc(CCCO)o1. The van der Waals surface area contributed by atoms with Crippen molar-refractivity contribution >= 4 is 15.7 Å². The molecule has 212 valence electrons. The van der Waals surface area contributed by atoms with Gasteiger partial charge in [0.05, 0.1) is 16.6 Å². The molecule has 1 aliphatic heterocycles. The van der Waals surface area contributed by atoms with Crippen LogP contribution in [0.25, 0.3) is 0 Å². The minimum absolute atomic E-state index is 0.00787. The lowest BCUT2D eigenvalue weighted by atomic mass is 9.90. The number of hydrogen-bond acceptors (Lipinski definition) is 6. The number of alkyl halides is 6. The summed E-state index contributed by atoms with van der Waals surface area (Å²) in [6.45, 7) is -0.119. The van der Waals surface area contributed by atoms with E-state index in [1.165, 1.54) is 0 Å². The number of benzene rings is 2. The number of sulfonamides is 1. The van der Waals surface area contributed by atoms with Crippen LogP contribution in [0, 0.1) is 5.82 Å². The maximum Gasteiger partial charge on any atom is 0.404 e. The van der Waals surface area contributed by atoms with Crippen molar-refractivity contribution in [3.05, 3.63) is 71.2 Å². The molecule has 4 rings (SSSR count). The van der Waals surface area contributed by atoms with E-state index in [9.17, 15) is 39.2 Å². The molecule has 7 nitrogen and oxygen atoms in total. The van der Waals surface area contributed by atoms with Gasteiger partial charge in [0.2, 0.25) is 11.8 Å². The standard InChI is InChI=1S/C24H22F7N3O4S/c25-16-5-8-18(9-6-16)39(36,37)34-17(13-21-33-32-20(38-21)2-1-11-35)7-3-14-12-15(4-10-19(14)34)22(23(26,27)28)24(29,30)31/h4-6,8-10,12,17,22,35H,1-3,7,11,13H2/t17-/m0/s1. The Morgan fingerprint density at radius 3 is 2.26 bits per heavy atom. The third-order valence-corrected chi connectivity index (χ3v) is 8.13. The zero-order valence-electron chi connectivity index (χ0n) is 20.0. The predicted molar refractivity (Wildman–Crippen MR) is 123 cm³/mol. The molecule has 0 radical (unpaired) electrons. The Bertz CT molecular complexity index is 1390. The minimum Gasteiger partial charge on any atom is -0.425 e. The van der Waals surface area contributed by atoms with E-state index in [2.05, 4.69) is 10.2 Å². The number of aryl methyl sites for hydroxylation is 2. The Labute approximate surface area is 218 Å². The number of rotatable bonds is 8. The highest BCUT2D eigenvalue weighted by Gasteiger charge is 2.57. The van der Waals surface area contributed by atoms with Crippen LogP contribution < -0.4 is 4.31 Å². The van der Waals surface area contributed by atoms with E-state index < -0.39 is 45.7 Å². The maximum atomic E-state index is 13.7. The van der Waals surface area contributed by atoms with Gasteiger partial charge in [0.1, 0.15) is 5.82 Å². The van der Waals surface area contributed by atoms with Crippen molar-refractivity contribution in [1.82, 2.24) is 10.2 Å². The first kappa shape index (κ1) is 28.8. The molecular weight excluding hydrogens is 559 g/mol. The molecule has 1 N–H and O–H groups in total. The highest BCUT2D eigenvalue weighted by Crippen LogP contribution is 2.48. The monoisotopic (exact) mass is 581 g/mol. The van der Waals surface area contributed by atoms with Gasteiger partial charge in [-0.3, -0.25) is 4.31 Å². The number of aromatic nitrogens is 2. The fourth-order valence-corrected chi connectivity index (χ4v) is 6.25. The fourth-order valence-electron chi connectivity index (χ4n) is 4.53. The quantitative estimate of drug-likeness (QED) is 0.372. The summed E-state index contributed by atoms with van der Waals surface area (Å²) in [6, 6.07) is 5.20. The van der Waals surface area contributed by atoms with E-state index in [1.807, 2.05) is 0 Å². The minimum atomic E-state index is -5.62. The van der Waals surface area contributed by atoms with Crippen LogP contribution in [-0.4, -0.2) is 48.7 Å². The summed E-state index contributed by atoms with van der Waals surface area (Å²) in [5.74, 6) is -4.19. The van der Waals surface area contributed by atoms with Gasteiger partial charge in [-0.25, -0.2) is 12.8 Å². The number of aliphatic hydroxyl groups excluding tert-OH is 1. The predicted octanol–water partition coefficient (Wildman–Crippen LogP) is 5.09. The highest BCUT2D eigenvalue weighted by molar-refractivity contribution is 7.92. The van der Waals surface area contributed by atoms with Crippen LogP contribution in [0.2, 0.25) is 0 Å². The van der Waals surface area contributed by atoms with E-state index in [0.29, 0.717) is 12.5 Å². The van der Waals surface area contributed by atoms with E-state index in [1.54, 1.807) is 0 Å². The van der Waals surface area contributed by atoms with E-state index in [4.69, 9.17) is 9.52 Å². The second kappa shape index (κ2) is 10.8. The highest BCUT2D eigenvalue weighted by atomic mass is 32.2. The smallest absolute Gasteiger partial charge is 0.404 e. The second-order valence-electron chi connectivity index (χ2n) is 8.97. The summed E-state index contributed by atoms with van der Waals surface area (Å²) in [6.07, 6.45) is -10.7. The molecule has 1 atom stereocenters. The second-order valence-corrected chi connectivity index (χ2v) is 10.8. The molecule has 2 heterocycles. The fraction of sp³-hybridized carbons (Fsp3) is 0.417. The number of halogens is 7. The van der Waals surface area contributed by atoms with Crippen molar-refractivity contribution in [2.24, 2.45) is 0 Å². The van der Waals surface area contributed by atoms with E-state index >= 15 is 0 Å². The van der Waals surface area contributed by atoms with Gasteiger partial charge in [-0.1, -0.05) is 12.1 Å². The molecule has 1 aromatic heterocycles. The molecule has 0 fully saturated rings. The molecule has 1 aliphatic rings. The van der Waals surface area contributed by atoms with Crippen molar-refractivity contribution in [3.8, 4) is 0 Å². The Morgan fingerprint density at radius 2 is 1.64 bits per heavy atom. The van der Waals surface area contributed by atoms with Gasteiger partial charge in [-0.15, -0.1) is 10.2 Å². The van der Waals surface area contributed by atoms with Gasteiger partial charge in [-0.05, 0) is 60.7 Å². The lowest BCUT2D eigenvalue weighted by molar-refractivity contribution is -0.253. The molecule has 2 aromatic carbocycles. The molecule has 0 saturated heterocycles. The molecular formula is C24H22F7N3O4S. The van der Waals surface area contributed by atoms with Crippen molar-refractivity contribution < 1.29 is 48.7 Å². The van der Waals surface area contributed by atoms with E-state index in [0.717, 1.165) is 40.7 Å². The van der Waals surface area contributed by atoms with Crippen LogP contribution in [0.1, 0.15) is 41.7 Å². The summed E-state index contributed by atoms with van der Waals surface area (Å²) in [7, 11) is -4.46. The van der Waals surface area contributed by atoms with Gasteiger partial charge in [-0.2, -0.15) is 26.3 Å². The third kappa shape index (κ3) is 6.19. The molecule has 0 saturated carbocycles. The first-order valence-corrected chi connectivity index (χ1v) is 13.1. The van der Waals surface area contributed by atoms with Crippen LogP contribution in [0.4, 0.5) is 36.4 Å². The van der Waals surface area contributed by atoms with Gasteiger partial charge in [0.15, 0.2) is 5.92 Å². The normalized spacial score (nSPS) is 16.5. The Hall–Kier alpha value is -3.20. The van der Waals surface area contributed by atoms with Crippen LogP contribution in [0.3, 0.4) is 0 Å². The van der Waals surface area contributed by atoms with Crippen LogP contribution in [0.5, 0.6) is 0 Å². The first-order chi connectivity index (χ1) is 18.2. The van der Waals surface area contributed by atoms with Crippen molar-refractivity contribution in [2.75, 3.05) is 10.9 Å². The van der Waals surface area contributed by atoms with Crippen molar-refractivity contribution in [1.29, 1.82) is 0 Å². The van der Waals surface area contributed by atoms with Gasteiger partial charge >= 0.3 is 12.4 Å². The zero-order chi connectivity index (χ0) is 28.6. The summed E-state index contributed by atoms with van der Waals surface area (Å²) < 4.78 is 127. The number of anilines is 1. The third-order valence-electron chi connectivity index (χ3n) is 6.25. The van der Waals surface area contributed by atoms with E-state index in [-0.39, 0.29) is 60.2 Å². The molecule has 0 aliphatic carbocycles. The summed E-state index contributed by atoms with van der Waals surface area (Å²) in [5.41, 5.74) is -1.19. The molecule has 0 bridgehead atoms. The van der Waals surface area contributed by atoms with Gasteiger partial charge in [0.25, 0.3) is 10.0 Å². The Morgan fingerprint density at radius 1 is 1.00 bits per heavy atom. The number of hydrogen-bond donors (Lipinski definition) is 1. The average molecular weight is 582 g/mol. The lowest BCUT2D eigenvalue weighted by Crippen LogP contribution is -2.45. The maximum absolute atomic E-state index is 13.7. The summed E-state index contributed by atoms with van der Waals surface area (Å²) in [5, 5.41) is 16.7. The molecule has 3 aromatic rings. The number of aliphatic hydroxyl groups is 1. The molecule has 15 heteroatoms. The molecule has 0 unspecified atom stereocenters. The Balaban J connectivity index is 1.77. The topological polar surface area (TPSA) is 96.5 Å². The largest absolute Gasteiger partial charge is 0.425 e. The summed E-state index contributed by atoms with van der Waals surface area (Å²) in [4.78, 5) is -0.330. The summed E-state index contributed by atoms with van der Waals surface area (Å²) >= 11 is 0. The van der Waals surface area contributed by atoms with Crippen LogP contribution in [-0.2, 0) is 29.3 Å². The number of nitrogens with zero attached hydrogens (tertiary/aromatic N) is 3. The van der Waals surface area contributed by atoms with Crippen molar-refractivity contribution in [3.63, 3.8) is 0 Å². The number of fused-ring (bicyclic) bond motifs is 1. The van der Waals surface area contributed by atoms with Crippen molar-refractivity contribution in [2.45, 2.75) is 61.3 Å². The van der Waals surface area contributed by atoms with Crippen LogP contribution >= 0.6 is 0 Å². The average Bonchev–Trinajstić information content (AvgIpc) is 3.28. The molecule has 0 spiro atoms. The first-order valence-electron chi connectivity index (χ1n) is 11.7.